The molecule has 0 radical (unpaired) electrons. The Morgan fingerprint density at radius 3 is 2.24 bits per heavy atom. The first-order valence-electron chi connectivity index (χ1n) is 9.39. The van der Waals surface area contributed by atoms with Gasteiger partial charge in [-0.1, -0.05) is 67.6 Å². The number of carbonyl (C=O) groups excluding carboxylic acids is 1. The molecular formula is C22H28N2O. The Labute approximate surface area is 151 Å². The maximum absolute atomic E-state index is 12.9. The minimum absolute atomic E-state index is 0.00460. The molecule has 1 heterocycles. The topological polar surface area (TPSA) is 32.3 Å². The lowest BCUT2D eigenvalue weighted by molar-refractivity contribution is -0.134. The van der Waals surface area contributed by atoms with Gasteiger partial charge in [0.15, 0.2) is 0 Å². The van der Waals surface area contributed by atoms with Gasteiger partial charge in [0.05, 0.1) is 5.92 Å². The molecule has 2 aromatic rings. The molecule has 1 aliphatic heterocycles. The Morgan fingerprint density at radius 1 is 1.04 bits per heavy atom. The molecule has 1 fully saturated rings. The van der Waals surface area contributed by atoms with Gasteiger partial charge in [-0.05, 0) is 30.4 Å². The third-order valence-electron chi connectivity index (χ3n) is 5.15. The molecular weight excluding hydrogens is 308 g/mol. The van der Waals surface area contributed by atoms with Crippen molar-refractivity contribution in [2.45, 2.75) is 44.7 Å². The Balaban J connectivity index is 1.50. The van der Waals surface area contributed by atoms with E-state index >= 15 is 0 Å². The smallest absolute Gasteiger partial charge is 0.230 e. The summed E-state index contributed by atoms with van der Waals surface area (Å²) in [5.74, 6) is 0.283. The maximum Gasteiger partial charge on any atom is 0.230 e. The van der Waals surface area contributed by atoms with Gasteiger partial charge in [-0.2, -0.15) is 0 Å². The number of amides is 1. The zero-order chi connectivity index (χ0) is 17.5. The zero-order valence-electron chi connectivity index (χ0n) is 15.0. The maximum atomic E-state index is 12.9. The first kappa shape index (κ1) is 17.7. The van der Waals surface area contributed by atoms with E-state index in [1.54, 1.807) is 0 Å². The van der Waals surface area contributed by atoms with Crippen LogP contribution in [-0.4, -0.2) is 29.9 Å². The van der Waals surface area contributed by atoms with Crippen molar-refractivity contribution in [3.63, 3.8) is 0 Å². The van der Waals surface area contributed by atoms with Crippen LogP contribution in [0, 0.1) is 0 Å². The van der Waals surface area contributed by atoms with Crippen LogP contribution in [0.25, 0.3) is 0 Å². The van der Waals surface area contributed by atoms with Gasteiger partial charge in [-0.25, -0.2) is 0 Å². The molecule has 3 rings (SSSR count). The van der Waals surface area contributed by atoms with Gasteiger partial charge in [0, 0.05) is 25.7 Å². The highest BCUT2D eigenvalue weighted by Crippen LogP contribution is 2.24. The molecule has 0 aromatic heterocycles. The van der Waals surface area contributed by atoms with Crippen LogP contribution in [0.4, 0.5) is 0 Å². The Hall–Kier alpha value is -2.13. The van der Waals surface area contributed by atoms with Crippen molar-refractivity contribution in [2.75, 3.05) is 13.1 Å². The van der Waals surface area contributed by atoms with Gasteiger partial charge in [0.25, 0.3) is 0 Å². The minimum Gasteiger partial charge on any atom is -0.342 e. The molecule has 1 amide bonds. The van der Waals surface area contributed by atoms with Gasteiger partial charge in [0.1, 0.15) is 0 Å². The predicted molar refractivity (Wildman–Crippen MR) is 102 cm³/mol. The largest absolute Gasteiger partial charge is 0.342 e. The number of benzene rings is 2. The second kappa shape index (κ2) is 8.82. The van der Waals surface area contributed by atoms with Gasteiger partial charge < -0.3 is 10.2 Å². The van der Waals surface area contributed by atoms with Crippen LogP contribution in [0.2, 0.25) is 0 Å². The van der Waals surface area contributed by atoms with Crippen molar-refractivity contribution in [1.82, 2.24) is 10.2 Å². The summed E-state index contributed by atoms with van der Waals surface area (Å²) >= 11 is 0. The van der Waals surface area contributed by atoms with Crippen molar-refractivity contribution in [3.05, 3.63) is 71.8 Å². The van der Waals surface area contributed by atoms with Crippen LogP contribution in [0.1, 0.15) is 43.2 Å². The molecule has 132 valence electrons. The fourth-order valence-electron chi connectivity index (χ4n) is 3.62. The summed E-state index contributed by atoms with van der Waals surface area (Å²) in [7, 11) is 0. The number of hydrogen-bond acceptors (Lipinski definition) is 2. The summed E-state index contributed by atoms with van der Waals surface area (Å²) < 4.78 is 0. The lowest BCUT2D eigenvalue weighted by Gasteiger charge is -2.34. The van der Waals surface area contributed by atoms with Crippen LogP contribution in [0.5, 0.6) is 0 Å². The molecule has 1 aliphatic rings. The van der Waals surface area contributed by atoms with Crippen LogP contribution in [-0.2, 0) is 11.3 Å². The van der Waals surface area contributed by atoms with E-state index in [1.807, 2.05) is 24.3 Å². The number of likely N-dealkylation sites (tertiary alicyclic amines) is 1. The fourth-order valence-corrected chi connectivity index (χ4v) is 3.62. The highest BCUT2D eigenvalue weighted by molar-refractivity contribution is 5.83. The van der Waals surface area contributed by atoms with E-state index in [0.29, 0.717) is 6.04 Å². The van der Waals surface area contributed by atoms with Crippen molar-refractivity contribution < 1.29 is 4.79 Å². The van der Waals surface area contributed by atoms with E-state index in [9.17, 15) is 4.79 Å². The normalized spacial score (nSPS) is 16.6. The summed E-state index contributed by atoms with van der Waals surface area (Å²) in [4.78, 5) is 15.0. The van der Waals surface area contributed by atoms with Crippen molar-refractivity contribution in [1.29, 1.82) is 0 Å². The molecule has 3 heteroatoms. The average molecular weight is 336 g/mol. The average Bonchev–Trinajstić information content (AvgIpc) is 2.69. The van der Waals surface area contributed by atoms with E-state index in [-0.39, 0.29) is 11.8 Å². The molecule has 1 atom stereocenters. The summed E-state index contributed by atoms with van der Waals surface area (Å²) in [5.41, 5.74) is 2.45. The van der Waals surface area contributed by atoms with Crippen molar-refractivity contribution >= 4 is 5.91 Å². The minimum atomic E-state index is -0.00460. The third-order valence-corrected chi connectivity index (χ3v) is 5.15. The molecule has 2 aromatic carbocycles. The highest BCUT2D eigenvalue weighted by atomic mass is 16.2. The molecule has 0 spiro atoms. The summed E-state index contributed by atoms with van der Waals surface area (Å²) in [6.45, 7) is 4.72. The first-order valence-corrected chi connectivity index (χ1v) is 9.39. The monoisotopic (exact) mass is 336 g/mol. The van der Waals surface area contributed by atoms with E-state index in [1.165, 1.54) is 5.56 Å². The third kappa shape index (κ3) is 4.70. The number of carbonyl (C=O) groups is 1. The lowest BCUT2D eigenvalue weighted by atomic mass is 9.93. The molecule has 0 saturated carbocycles. The van der Waals surface area contributed by atoms with Gasteiger partial charge in [0.2, 0.25) is 5.91 Å². The number of rotatable bonds is 6. The van der Waals surface area contributed by atoms with Gasteiger partial charge >= 0.3 is 0 Å². The molecule has 1 unspecified atom stereocenters. The van der Waals surface area contributed by atoms with Gasteiger partial charge in [-0.3, -0.25) is 4.79 Å². The molecule has 25 heavy (non-hydrogen) atoms. The van der Waals surface area contributed by atoms with Crippen LogP contribution >= 0.6 is 0 Å². The molecule has 0 bridgehead atoms. The number of nitrogens with one attached hydrogen (secondary N) is 1. The Kier molecular flexibility index (Phi) is 6.24. The summed E-state index contributed by atoms with van der Waals surface area (Å²) in [6, 6.07) is 21.2. The quantitative estimate of drug-likeness (QED) is 0.866. The van der Waals surface area contributed by atoms with E-state index in [4.69, 9.17) is 0 Å². The Bertz CT molecular complexity index is 648. The highest BCUT2D eigenvalue weighted by Gasteiger charge is 2.28. The summed E-state index contributed by atoms with van der Waals surface area (Å²) in [6.07, 6.45) is 2.92. The van der Waals surface area contributed by atoms with E-state index in [0.717, 1.165) is 44.5 Å². The second-order valence-corrected chi connectivity index (χ2v) is 6.84. The standard InChI is InChI=1S/C22H28N2O/c1-2-21(19-11-7-4-8-12-19)22(25)24-15-13-20(14-16-24)23-17-18-9-5-3-6-10-18/h3-12,20-21,23H,2,13-17H2,1H3. The summed E-state index contributed by atoms with van der Waals surface area (Å²) in [5, 5.41) is 3.63. The van der Waals surface area contributed by atoms with E-state index in [2.05, 4.69) is 53.5 Å². The molecule has 3 nitrogen and oxygen atoms in total. The first-order chi connectivity index (χ1) is 12.3. The number of nitrogens with zero attached hydrogens (tertiary/aromatic N) is 1. The predicted octanol–water partition coefficient (Wildman–Crippen LogP) is 3.96. The SMILES string of the molecule is CCC(C(=O)N1CCC(NCc2ccccc2)CC1)c1ccccc1. The number of piperidine rings is 1. The fraction of sp³-hybridized carbons (Fsp3) is 0.409. The van der Waals surface area contributed by atoms with Crippen molar-refractivity contribution in [2.24, 2.45) is 0 Å². The zero-order valence-corrected chi connectivity index (χ0v) is 15.0. The second-order valence-electron chi connectivity index (χ2n) is 6.84. The molecule has 1 N–H and O–H groups in total. The number of hydrogen-bond donors (Lipinski definition) is 1. The molecule has 1 saturated heterocycles. The van der Waals surface area contributed by atoms with Crippen molar-refractivity contribution in [3.8, 4) is 0 Å². The van der Waals surface area contributed by atoms with E-state index < -0.39 is 0 Å². The molecule has 0 aliphatic carbocycles. The van der Waals surface area contributed by atoms with Crippen LogP contribution in [0.3, 0.4) is 0 Å². The Morgan fingerprint density at radius 2 is 1.64 bits per heavy atom. The van der Waals surface area contributed by atoms with Gasteiger partial charge in [-0.15, -0.1) is 0 Å². The lowest BCUT2D eigenvalue weighted by Crippen LogP contribution is -2.46. The van der Waals surface area contributed by atoms with Crippen LogP contribution in [0.15, 0.2) is 60.7 Å². The van der Waals surface area contributed by atoms with Crippen LogP contribution < -0.4 is 5.32 Å².